The molecule has 0 saturated carbocycles. The second-order valence-corrected chi connectivity index (χ2v) is 6.43. The molecule has 24 heavy (non-hydrogen) atoms. The molecule has 1 aliphatic rings. The highest BCUT2D eigenvalue weighted by Crippen LogP contribution is 2.30. The van der Waals surface area contributed by atoms with Crippen LogP contribution in [0.1, 0.15) is 10.4 Å². The van der Waals surface area contributed by atoms with Gasteiger partial charge in [0.15, 0.2) is 0 Å². The third kappa shape index (κ3) is 3.77. The third-order valence-corrected chi connectivity index (χ3v) is 4.52. The Hall–Kier alpha value is -1.89. The minimum absolute atomic E-state index is 0.351. The lowest BCUT2D eigenvalue weighted by Crippen LogP contribution is -2.45. The maximum absolute atomic E-state index is 12.3. The van der Waals surface area contributed by atoms with Crippen LogP contribution >= 0.6 is 23.2 Å². The van der Waals surface area contributed by atoms with Crippen LogP contribution in [0.15, 0.2) is 30.6 Å². The summed E-state index contributed by atoms with van der Waals surface area (Å²) in [6, 6.07) is 5.04. The number of hydrogen-bond donors (Lipinski definition) is 1. The second-order valence-electron chi connectivity index (χ2n) is 5.61. The Labute approximate surface area is 150 Å². The minimum atomic E-state index is -0.352. The number of aromatic nitrogens is 2. The fourth-order valence-electron chi connectivity index (χ4n) is 2.41. The number of para-hydroxylation sites is 1. The average Bonchev–Trinajstić information content (AvgIpc) is 2.59. The zero-order valence-electron chi connectivity index (χ0n) is 13.2. The number of carbonyl (C=O) groups excluding carboxylic acids is 1. The molecule has 0 unspecified atom stereocenters. The molecule has 6 nitrogen and oxygen atoms in total. The van der Waals surface area contributed by atoms with Gasteiger partial charge in [-0.3, -0.25) is 4.79 Å². The molecule has 0 bridgehead atoms. The Morgan fingerprint density at radius 3 is 2.25 bits per heavy atom. The number of amides is 1. The van der Waals surface area contributed by atoms with Gasteiger partial charge in [0.05, 0.1) is 21.3 Å². The van der Waals surface area contributed by atoms with Crippen LogP contribution in [0.4, 0.5) is 11.6 Å². The lowest BCUT2D eigenvalue weighted by Gasteiger charge is -2.32. The summed E-state index contributed by atoms with van der Waals surface area (Å²) in [7, 11) is 2.09. The van der Waals surface area contributed by atoms with E-state index in [2.05, 4.69) is 32.1 Å². The first-order chi connectivity index (χ1) is 11.5. The van der Waals surface area contributed by atoms with Crippen LogP contribution in [0.2, 0.25) is 10.0 Å². The van der Waals surface area contributed by atoms with Gasteiger partial charge in [-0.1, -0.05) is 29.3 Å². The van der Waals surface area contributed by atoms with Crippen LogP contribution in [-0.4, -0.2) is 54.0 Å². The van der Waals surface area contributed by atoms with Gasteiger partial charge >= 0.3 is 0 Å². The molecule has 3 rings (SSSR count). The van der Waals surface area contributed by atoms with Crippen LogP contribution in [0.5, 0.6) is 0 Å². The van der Waals surface area contributed by atoms with Crippen molar-refractivity contribution in [2.45, 2.75) is 0 Å². The van der Waals surface area contributed by atoms with Crippen molar-refractivity contribution in [3.8, 4) is 0 Å². The van der Waals surface area contributed by atoms with E-state index in [1.807, 2.05) is 0 Å². The van der Waals surface area contributed by atoms with Crippen LogP contribution in [0, 0.1) is 0 Å². The molecule has 8 heteroatoms. The van der Waals surface area contributed by atoms with Crippen molar-refractivity contribution in [3.05, 3.63) is 46.2 Å². The summed E-state index contributed by atoms with van der Waals surface area (Å²) >= 11 is 12.1. The zero-order valence-corrected chi connectivity index (χ0v) is 14.7. The van der Waals surface area contributed by atoms with Gasteiger partial charge in [-0.2, -0.15) is 0 Å². The number of nitrogens with one attached hydrogen (secondary N) is 1. The normalized spacial score (nSPS) is 15.4. The summed E-state index contributed by atoms with van der Waals surface area (Å²) in [5, 5.41) is 3.46. The minimum Gasteiger partial charge on any atom is -0.338 e. The Morgan fingerprint density at radius 2 is 1.67 bits per heavy atom. The molecular formula is C16H17Cl2N5O. The number of nitrogens with zero attached hydrogens (tertiary/aromatic N) is 4. The molecule has 126 valence electrons. The van der Waals surface area contributed by atoms with Crippen molar-refractivity contribution in [1.29, 1.82) is 0 Å². The van der Waals surface area contributed by atoms with Crippen molar-refractivity contribution in [1.82, 2.24) is 14.9 Å². The number of hydrogen-bond acceptors (Lipinski definition) is 5. The molecule has 2 aromatic rings. The number of rotatable bonds is 3. The average molecular weight is 366 g/mol. The highest BCUT2D eigenvalue weighted by atomic mass is 35.5. The van der Waals surface area contributed by atoms with Crippen molar-refractivity contribution < 1.29 is 4.79 Å². The summed E-state index contributed by atoms with van der Waals surface area (Å²) in [6.07, 6.45) is 3.03. The van der Waals surface area contributed by atoms with Gasteiger partial charge in [-0.15, -0.1) is 0 Å². The van der Waals surface area contributed by atoms with Crippen LogP contribution < -0.4 is 10.2 Å². The van der Waals surface area contributed by atoms with E-state index in [1.54, 1.807) is 18.2 Å². The highest BCUT2D eigenvalue weighted by Gasteiger charge is 2.17. The quantitative estimate of drug-likeness (QED) is 0.905. The first kappa shape index (κ1) is 17.0. The standard InChI is InChI=1S/C16H17Cl2N5O/c1-22-5-7-23(8-6-22)16-19-9-11(10-20-16)15(24)21-14-12(17)3-2-4-13(14)18/h2-4,9-10H,5-8H2,1H3,(H,21,24). The van der Waals surface area contributed by atoms with Crippen molar-refractivity contribution >= 4 is 40.7 Å². The first-order valence-electron chi connectivity index (χ1n) is 7.55. The molecule has 1 saturated heterocycles. The molecule has 0 aliphatic carbocycles. The molecule has 1 aliphatic heterocycles. The van der Waals surface area contributed by atoms with Gasteiger partial charge in [0.2, 0.25) is 5.95 Å². The van der Waals surface area contributed by atoms with Gasteiger partial charge in [-0.05, 0) is 19.2 Å². The van der Waals surface area contributed by atoms with E-state index < -0.39 is 0 Å². The van der Waals surface area contributed by atoms with Crippen molar-refractivity contribution in [2.24, 2.45) is 0 Å². The predicted molar refractivity (Wildman–Crippen MR) is 96.2 cm³/mol. The van der Waals surface area contributed by atoms with Gasteiger partial charge in [-0.25, -0.2) is 9.97 Å². The van der Waals surface area contributed by atoms with Crippen molar-refractivity contribution in [3.63, 3.8) is 0 Å². The summed E-state index contributed by atoms with van der Waals surface area (Å²) in [4.78, 5) is 25.3. The van der Waals surface area contributed by atoms with E-state index in [0.717, 1.165) is 26.2 Å². The smallest absolute Gasteiger partial charge is 0.258 e. The summed E-state index contributed by atoms with van der Waals surface area (Å²) < 4.78 is 0. The molecular weight excluding hydrogens is 349 g/mol. The predicted octanol–water partition coefficient (Wildman–Crippen LogP) is 2.79. The Balaban J connectivity index is 1.70. The van der Waals surface area contributed by atoms with E-state index in [0.29, 0.717) is 27.2 Å². The van der Waals surface area contributed by atoms with E-state index in [4.69, 9.17) is 23.2 Å². The summed E-state index contributed by atoms with van der Waals surface area (Å²) in [5.74, 6) is 0.283. The first-order valence-corrected chi connectivity index (χ1v) is 8.31. The SMILES string of the molecule is CN1CCN(c2ncc(C(=O)Nc3c(Cl)cccc3Cl)cn2)CC1. The topological polar surface area (TPSA) is 61.4 Å². The Morgan fingerprint density at radius 1 is 1.08 bits per heavy atom. The molecule has 1 aromatic carbocycles. The van der Waals surface area contributed by atoms with Crippen LogP contribution in [-0.2, 0) is 0 Å². The van der Waals surface area contributed by atoms with Gasteiger partial charge in [0, 0.05) is 38.6 Å². The number of carbonyl (C=O) groups is 1. The second kappa shape index (κ2) is 7.34. The maximum Gasteiger partial charge on any atom is 0.258 e. The molecule has 0 atom stereocenters. The number of anilines is 2. The molecule has 2 heterocycles. The Bertz CT molecular complexity index is 709. The number of piperazine rings is 1. The fraction of sp³-hybridized carbons (Fsp3) is 0.312. The van der Waals surface area contributed by atoms with E-state index >= 15 is 0 Å². The van der Waals surface area contributed by atoms with Gasteiger partial charge in [0.1, 0.15) is 0 Å². The summed E-state index contributed by atoms with van der Waals surface area (Å²) in [5.41, 5.74) is 0.734. The lowest BCUT2D eigenvalue weighted by atomic mass is 10.2. The monoisotopic (exact) mass is 365 g/mol. The van der Waals surface area contributed by atoms with Crippen LogP contribution in [0.3, 0.4) is 0 Å². The number of halogens is 2. The Kier molecular flexibility index (Phi) is 5.18. The fourth-order valence-corrected chi connectivity index (χ4v) is 2.90. The van der Waals surface area contributed by atoms with Gasteiger partial charge < -0.3 is 15.1 Å². The maximum atomic E-state index is 12.3. The number of benzene rings is 1. The zero-order chi connectivity index (χ0) is 17.1. The molecule has 1 aromatic heterocycles. The molecule has 1 fully saturated rings. The van der Waals surface area contributed by atoms with E-state index in [9.17, 15) is 4.79 Å². The molecule has 1 N–H and O–H groups in total. The largest absolute Gasteiger partial charge is 0.338 e. The molecule has 0 radical (unpaired) electrons. The highest BCUT2D eigenvalue weighted by molar-refractivity contribution is 6.40. The lowest BCUT2D eigenvalue weighted by molar-refractivity contribution is 0.102. The van der Waals surface area contributed by atoms with Crippen molar-refractivity contribution in [2.75, 3.05) is 43.4 Å². The van der Waals surface area contributed by atoms with Gasteiger partial charge in [0.25, 0.3) is 5.91 Å². The molecule has 1 amide bonds. The molecule has 0 spiro atoms. The van der Waals surface area contributed by atoms with E-state index in [1.165, 1.54) is 12.4 Å². The summed E-state index contributed by atoms with van der Waals surface area (Å²) in [6.45, 7) is 3.68. The third-order valence-electron chi connectivity index (χ3n) is 3.89. The van der Waals surface area contributed by atoms with E-state index in [-0.39, 0.29) is 5.91 Å². The number of likely N-dealkylation sites (N-methyl/N-ethyl adjacent to an activating group) is 1. The van der Waals surface area contributed by atoms with Crippen LogP contribution in [0.25, 0.3) is 0 Å².